The molecule has 1 rings (SSSR count). The molecule has 0 amide bonds. The number of ketones is 1. The normalized spacial score (nSPS) is 12.2. The van der Waals surface area contributed by atoms with Gasteiger partial charge in [0, 0.05) is 4.90 Å². The first-order valence-electron chi connectivity index (χ1n) is 6.54. The number of hydrogen-bond acceptors (Lipinski definition) is 4. The molecule has 0 saturated carbocycles. The third-order valence-corrected chi connectivity index (χ3v) is 3.83. The second-order valence-corrected chi connectivity index (χ2v) is 5.68. The Hall–Kier alpha value is -1.36. The lowest BCUT2D eigenvalue weighted by molar-refractivity contribution is -0.152. The molecular weight excluding hydrogens is 279 g/mol. The highest BCUT2D eigenvalue weighted by molar-refractivity contribution is 8.00. The van der Waals surface area contributed by atoms with Gasteiger partial charge in [0.15, 0.2) is 5.78 Å². The van der Waals surface area contributed by atoms with Gasteiger partial charge in [-0.15, -0.1) is 11.8 Å². The Kier molecular flexibility index (Phi) is 6.71. The van der Waals surface area contributed by atoms with Crippen LogP contribution in [0.2, 0.25) is 0 Å². The van der Waals surface area contributed by atoms with E-state index in [4.69, 9.17) is 4.74 Å². The standard InChI is InChI=1S/C15H19FO3S/c1-4-19-15(18)14(10(2)3)12(17)9-20-13-8-6-5-7-11(13)16/h5-8,10,14H,4,9H2,1-3H3. The smallest absolute Gasteiger partial charge is 0.316 e. The fraction of sp³-hybridized carbons (Fsp3) is 0.467. The van der Waals surface area contributed by atoms with Gasteiger partial charge in [-0.3, -0.25) is 9.59 Å². The van der Waals surface area contributed by atoms with Gasteiger partial charge >= 0.3 is 5.97 Å². The SMILES string of the molecule is CCOC(=O)C(C(=O)CSc1ccccc1F)C(C)C. The molecule has 0 radical (unpaired) electrons. The van der Waals surface area contributed by atoms with Crippen molar-refractivity contribution >= 4 is 23.5 Å². The van der Waals surface area contributed by atoms with E-state index < -0.39 is 11.9 Å². The van der Waals surface area contributed by atoms with E-state index in [0.29, 0.717) is 4.90 Å². The molecule has 1 atom stereocenters. The van der Waals surface area contributed by atoms with Crippen LogP contribution in [0.5, 0.6) is 0 Å². The third-order valence-electron chi connectivity index (χ3n) is 2.76. The Morgan fingerprint density at radius 2 is 1.95 bits per heavy atom. The number of halogens is 1. The lowest BCUT2D eigenvalue weighted by Crippen LogP contribution is -2.31. The van der Waals surface area contributed by atoms with Gasteiger partial charge in [0.25, 0.3) is 0 Å². The summed E-state index contributed by atoms with van der Waals surface area (Å²) in [7, 11) is 0. The summed E-state index contributed by atoms with van der Waals surface area (Å²) in [5, 5.41) is 0. The van der Waals surface area contributed by atoms with Gasteiger partial charge in [-0.05, 0) is 25.0 Å². The zero-order valence-electron chi connectivity index (χ0n) is 11.9. The summed E-state index contributed by atoms with van der Waals surface area (Å²) >= 11 is 1.10. The highest BCUT2D eigenvalue weighted by atomic mass is 32.2. The van der Waals surface area contributed by atoms with Gasteiger partial charge in [-0.1, -0.05) is 26.0 Å². The van der Waals surface area contributed by atoms with Crippen LogP contribution in [0.4, 0.5) is 4.39 Å². The second-order valence-electron chi connectivity index (χ2n) is 4.66. The monoisotopic (exact) mass is 298 g/mol. The molecular formula is C15H19FO3S. The minimum atomic E-state index is -0.783. The van der Waals surface area contributed by atoms with Crippen LogP contribution in [0.15, 0.2) is 29.2 Å². The van der Waals surface area contributed by atoms with Crippen molar-refractivity contribution in [2.75, 3.05) is 12.4 Å². The van der Waals surface area contributed by atoms with Crippen molar-refractivity contribution < 1.29 is 18.7 Å². The Labute approximate surface area is 122 Å². The van der Waals surface area contributed by atoms with Crippen LogP contribution in [0, 0.1) is 17.7 Å². The van der Waals surface area contributed by atoms with Crippen molar-refractivity contribution in [3.8, 4) is 0 Å². The van der Waals surface area contributed by atoms with E-state index in [1.807, 2.05) is 0 Å². The summed E-state index contributed by atoms with van der Waals surface area (Å²) in [5.41, 5.74) is 0. The molecule has 0 fully saturated rings. The third kappa shape index (κ3) is 4.63. The van der Waals surface area contributed by atoms with Crippen LogP contribution in [0.25, 0.3) is 0 Å². The molecule has 3 nitrogen and oxygen atoms in total. The van der Waals surface area contributed by atoms with E-state index in [1.165, 1.54) is 6.07 Å². The summed E-state index contributed by atoms with van der Waals surface area (Å²) in [4.78, 5) is 24.3. The fourth-order valence-electron chi connectivity index (χ4n) is 1.81. The molecule has 110 valence electrons. The predicted molar refractivity (Wildman–Crippen MR) is 77.1 cm³/mol. The van der Waals surface area contributed by atoms with E-state index in [9.17, 15) is 14.0 Å². The number of thioether (sulfide) groups is 1. The molecule has 1 aromatic carbocycles. The minimum Gasteiger partial charge on any atom is -0.465 e. The first kappa shape index (κ1) is 16.7. The number of esters is 1. The van der Waals surface area contributed by atoms with E-state index in [-0.39, 0.29) is 29.9 Å². The van der Waals surface area contributed by atoms with Gasteiger partial charge in [0.05, 0.1) is 12.4 Å². The molecule has 0 bridgehead atoms. The maximum Gasteiger partial charge on any atom is 0.316 e. The van der Waals surface area contributed by atoms with Crippen LogP contribution in [-0.4, -0.2) is 24.1 Å². The molecule has 0 heterocycles. The van der Waals surface area contributed by atoms with Crippen molar-refractivity contribution in [1.29, 1.82) is 0 Å². The Balaban J connectivity index is 2.68. The first-order valence-corrected chi connectivity index (χ1v) is 7.52. The van der Waals surface area contributed by atoms with Crippen LogP contribution in [0.3, 0.4) is 0 Å². The topological polar surface area (TPSA) is 43.4 Å². The Bertz CT molecular complexity index is 474. The molecule has 0 saturated heterocycles. The van der Waals surface area contributed by atoms with E-state index in [1.54, 1.807) is 39.0 Å². The van der Waals surface area contributed by atoms with Crippen molar-refractivity contribution in [3.63, 3.8) is 0 Å². The average Bonchev–Trinajstić information content (AvgIpc) is 2.37. The second kappa shape index (κ2) is 8.04. The number of hydrogen-bond donors (Lipinski definition) is 0. The Morgan fingerprint density at radius 3 is 2.50 bits per heavy atom. The summed E-state index contributed by atoms with van der Waals surface area (Å²) in [5.74, 6) is -1.95. The van der Waals surface area contributed by atoms with Crippen molar-refractivity contribution in [3.05, 3.63) is 30.1 Å². The number of ether oxygens (including phenoxy) is 1. The van der Waals surface area contributed by atoms with Gasteiger partial charge in [-0.2, -0.15) is 0 Å². The van der Waals surface area contributed by atoms with E-state index >= 15 is 0 Å². The number of benzene rings is 1. The highest BCUT2D eigenvalue weighted by Crippen LogP contribution is 2.24. The minimum absolute atomic E-state index is 0.0581. The van der Waals surface area contributed by atoms with E-state index in [2.05, 4.69) is 0 Å². The predicted octanol–water partition coefficient (Wildman–Crippen LogP) is 3.32. The van der Waals surface area contributed by atoms with E-state index in [0.717, 1.165) is 11.8 Å². The zero-order valence-corrected chi connectivity index (χ0v) is 12.7. The molecule has 0 spiro atoms. The van der Waals surface area contributed by atoms with Gasteiger partial charge < -0.3 is 4.74 Å². The van der Waals surface area contributed by atoms with Crippen molar-refractivity contribution in [2.24, 2.45) is 11.8 Å². The first-order chi connectivity index (χ1) is 9.47. The number of carbonyl (C=O) groups is 2. The lowest BCUT2D eigenvalue weighted by Gasteiger charge is -2.17. The molecule has 0 aliphatic heterocycles. The lowest BCUT2D eigenvalue weighted by atomic mass is 9.92. The molecule has 1 aromatic rings. The van der Waals surface area contributed by atoms with Gasteiger partial charge in [0.2, 0.25) is 0 Å². The van der Waals surface area contributed by atoms with Crippen molar-refractivity contribution in [1.82, 2.24) is 0 Å². The highest BCUT2D eigenvalue weighted by Gasteiger charge is 2.30. The summed E-state index contributed by atoms with van der Waals surface area (Å²) in [6, 6.07) is 6.26. The summed E-state index contributed by atoms with van der Waals surface area (Å²) < 4.78 is 18.4. The molecule has 1 unspecified atom stereocenters. The largest absolute Gasteiger partial charge is 0.465 e. The number of carbonyl (C=O) groups excluding carboxylic acids is 2. The molecule has 0 N–H and O–H groups in total. The number of rotatable bonds is 7. The van der Waals surface area contributed by atoms with Crippen LogP contribution < -0.4 is 0 Å². The van der Waals surface area contributed by atoms with Crippen LogP contribution in [0.1, 0.15) is 20.8 Å². The molecule has 5 heteroatoms. The quantitative estimate of drug-likeness (QED) is 0.440. The maximum absolute atomic E-state index is 13.5. The van der Waals surface area contributed by atoms with Crippen LogP contribution >= 0.6 is 11.8 Å². The maximum atomic E-state index is 13.5. The number of Topliss-reactive ketones (excluding diaryl/α,β-unsaturated/α-hetero) is 1. The molecule has 0 aliphatic rings. The molecule has 0 aliphatic carbocycles. The van der Waals surface area contributed by atoms with Crippen molar-refractivity contribution in [2.45, 2.75) is 25.7 Å². The van der Waals surface area contributed by atoms with Gasteiger partial charge in [0.1, 0.15) is 11.7 Å². The van der Waals surface area contributed by atoms with Crippen LogP contribution in [-0.2, 0) is 14.3 Å². The summed E-state index contributed by atoms with van der Waals surface area (Å²) in [6.45, 7) is 5.55. The average molecular weight is 298 g/mol. The molecule has 20 heavy (non-hydrogen) atoms. The van der Waals surface area contributed by atoms with Gasteiger partial charge in [-0.25, -0.2) is 4.39 Å². The fourth-order valence-corrected chi connectivity index (χ4v) is 2.67. The summed E-state index contributed by atoms with van der Waals surface area (Å²) in [6.07, 6.45) is 0. The Morgan fingerprint density at radius 1 is 1.30 bits per heavy atom. The zero-order chi connectivity index (χ0) is 15.1. The molecule has 0 aromatic heterocycles.